The maximum atomic E-state index is 11.4. The Kier molecular flexibility index (Phi) is 10.1. The highest BCUT2D eigenvalue weighted by Crippen LogP contribution is 2.08. The summed E-state index contributed by atoms with van der Waals surface area (Å²) in [6.07, 6.45) is 6.15. The first-order valence-electron chi connectivity index (χ1n) is 7.47. The maximum absolute atomic E-state index is 11.4. The van der Waals surface area contributed by atoms with Crippen molar-refractivity contribution in [3.8, 4) is 0 Å². The zero-order valence-corrected chi connectivity index (χ0v) is 13.2. The SMILES string of the molecule is C[N+](C)(C)CCOC(=O)CCCCCCCCC(=O)[O-]. The zero-order chi connectivity index (χ0) is 15.4. The number of aliphatic carboxylic acids is 1. The first kappa shape index (κ1) is 18.9. The molecule has 0 aliphatic heterocycles. The molecule has 0 aromatic rings. The number of quaternary nitrogens is 1. The Hall–Kier alpha value is -1.10. The van der Waals surface area contributed by atoms with Crippen molar-refractivity contribution in [2.24, 2.45) is 0 Å². The fourth-order valence-corrected chi connectivity index (χ4v) is 1.75. The number of hydrogen-bond acceptors (Lipinski definition) is 4. The number of carboxylic acid groups (broad SMARTS) is 1. The summed E-state index contributed by atoms with van der Waals surface area (Å²) in [5.74, 6) is -1.09. The Morgan fingerprint density at radius 2 is 1.40 bits per heavy atom. The Morgan fingerprint density at radius 3 is 1.90 bits per heavy atom. The van der Waals surface area contributed by atoms with Crippen molar-refractivity contribution in [2.45, 2.75) is 51.4 Å². The Labute approximate surface area is 122 Å². The number of ether oxygens (including phenoxy) is 1. The fraction of sp³-hybridized carbons (Fsp3) is 0.867. The topological polar surface area (TPSA) is 66.4 Å². The van der Waals surface area contributed by atoms with Gasteiger partial charge in [-0.05, 0) is 19.3 Å². The van der Waals surface area contributed by atoms with Crippen LogP contribution < -0.4 is 5.11 Å². The molecule has 0 saturated carbocycles. The molecule has 0 heterocycles. The largest absolute Gasteiger partial charge is 0.550 e. The van der Waals surface area contributed by atoms with Gasteiger partial charge in [0.05, 0.1) is 21.1 Å². The van der Waals surface area contributed by atoms with Crippen LogP contribution in [-0.4, -0.2) is 50.7 Å². The molecule has 0 radical (unpaired) electrons. The van der Waals surface area contributed by atoms with Crippen LogP contribution >= 0.6 is 0 Å². The van der Waals surface area contributed by atoms with E-state index in [1.54, 1.807) is 0 Å². The molecule has 0 fully saturated rings. The third-order valence-corrected chi connectivity index (χ3v) is 3.04. The van der Waals surface area contributed by atoms with Crippen LogP contribution in [0.15, 0.2) is 0 Å². The molecule has 0 N–H and O–H groups in total. The molecule has 118 valence electrons. The van der Waals surface area contributed by atoms with Gasteiger partial charge in [0.1, 0.15) is 13.2 Å². The third kappa shape index (κ3) is 15.0. The third-order valence-electron chi connectivity index (χ3n) is 3.04. The highest BCUT2D eigenvalue weighted by Gasteiger charge is 2.09. The molecule has 5 heteroatoms. The van der Waals surface area contributed by atoms with Crippen molar-refractivity contribution >= 4 is 11.9 Å². The fourth-order valence-electron chi connectivity index (χ4n) is 1.75. The number of unbranched alkanes of at least 4 members (excludes halogenated alkanes) is 5. The molecule has 0 aliphatic rings. The number of carbonyl (C=O) groups is 2. The van der Waals surface area contributed by atoms with Crippen LogP contribution in [0.2, 0.25) is 0 Å². The van der Waals surface area contributed by atoms with Crippen LogP contribution in [0.4, 0.5) is 0 Å². The molecule has 0 spiro atoms. The molecule has 0 unspecified atom stereocenters. The number of rotatable bonds is 12. The quantitative estimate of drug-likeness (QED) is 0.306. The van der Waals surface area contributed by atoms with Crippen molar-refractivity contribution in [2.75, 3.05) is 34.3 Å². The van der Waals surface area contributed by atoms with Crippen LogP contribution in [0.5, 0.6) is 0 Å². The second-order valence-electron chi connectivity index (χ2n) is 6.23. The van der Waals surface area contributed by atoms with Gasteiger partial charge in [-0.2, -0.15) is 0 Å². The number of nitrogens with zero attached hydrogens (tertiary/aromatic N) is 1. The lowest BCUT2D eigenvalue weighted by molar-refractivity contribution is -0.870. The molecule has 0 aliphatic carbocycles. The summed E-state index contributed by atoms with van der Waals surface area (Å²) >= 11 is 0. The van der Waals surface area contributed by atoms with Gasteiger partial charge in [0.15, 0.2) is 0 Å². The first-order chi connectivity index (χ1) is 9.31. The predicted octanol–water partition coefficient (Wildman–Crippen LogP) is 1.11. The molecule has 0 rings (SSSR count). The molecule has 0 bridgehead atoms. The van der Waals surface area contributed by atoms with Crippen molar-refractivity contribution in [1.82, 2.24) is 0 Å². The van der Waals surface area contributed by atoms with E-state index in [-0.39, 0.29) is 12.4 Å². The maximum Gasteiger partial charge on any atom is 0.305 e. The Balaban J connectivity index is 3.29. The minimum Gasteiger partial charge on any atom is -0.550 e. The summed E-state index contributed by atoms with van der Waals surface area (Å²) in [5, 5.41) is 10.2. The van der Waals surface area contributed by atoms with Gasteiger partial charge < -0.3 is 19.1 Å². The summed E-state index contributed by atoms with van der Waals surface area (Å²) in [6.45, 7) is 1.30. The average Bonchev–Trinajstić information content (AvgIpc) is 2.30. The lowest BCUT2D eigenvalue weighted by atomic mass is 10.1. The molecule has 0 aromatic carbocycles. The van der Waals surface area contributed by atoms with Crippen LogP contribution in [0.1, 0.15) is 51.4 Å². The standard InChI is InChI=1S/C15H29NO4/c1-16(2,3)12-13-20-15(19)11-9-7-5-4-6-8-10-14(17)18/h4-13H2,1-3H3. The number of likely N-dealkylation sites (N-methyl/N-ethyl adjacent to an activating group) is 1. The van der Waals surface area contributed by atoms with E-state index in [0.717, 1.165) is 43.1 Å². The summed E-state index contributed by atoms with van der Waals surface area (Å²) in [6, 6.07) is 0. The van der Waals surface area contributed by atoms with E-state index in [2.05, 4.69) is 21.1 Å². The number of carboxylic acids is 1. The first-order valence-corrected chi connectivity index (χ1v) is 7.47. The molecule has 0 atom stereocenters. The van der Waals surface area contributed by atoms with Gasteiger partial charge in [-0.15, -0.1) is 0 Å². The predicted molar refractivity (Wildman–Crippen MR) is 75.8 cm³/mol. The minimum absolute atomic E-state index is 0.115. The molecule has 0 aromatic heterocycles. The van der Waals surface area contributed by atoms with E-state index < -0.39 is 5.97 Å². The summed E-state index contributed by atoms with van der Waals surface area (Å²) < 4.78 is 5.95. The smallest absolute Gasteiger partial charge is 0.305 e. The van der Waals surface area contributed by atoms with Crippen molar-refractivity contribution in [3.63, 3.8) is 0 Å². The van der Waals surface area contributed by atoms with Crippen molar-refractivity contribution in [1.29, 1.82) is 0 Å². The number of carbonyl (C=O) groups excluding carboxylic acids is 2. The number of esters is 1. The Morgan fingerprint density at radius 1 is 0.900 bits per heavy atom. The van der Waals surface area contributed by atoms with Gasteiger partial charge in [-0.1, -0.05) is 25.7 Å². The van der Waals surface area contributed by atoms with Crippen LogP contribution in [0.3, 0.4) is 0 Å². The van der Waals surface area contributed by atoms with Crippen LogP contribution in [-0.2, 0) is 14.3 Å². The second kappa shape index (κ2) is 10.7. The zero-order valence-electron chi connectivity index (χ0n) is 13.2. The molecule has 0 amide bonds. The molecule has 0 saturated heterocycles. The molecule has 20 heavy (non-hydrogen) atoms. The normalized spacial score (nSPS) is 11.3. The Bertz CT molecular complexity index is 284. The lowest BCUT2D eigenvalue weighted by Gasteiger charge is -2.23. The number of hydrogen-bond donors (Lipinski definition) is 0. The van der Waals surface area contributed by atoms with Crippen LogP contribution in [0.25, 0.3) is 0 Å². The van der Waals surface area contributed by atoms with Gasteiger partial charge in [0, 0.05) is 12.4 Å². The van der Waals surface area contributed by atoms with Gasteiger partial charge in [0.25, 0.3) is 0 Å². The van der Waals surface area contributed by atoms with E-state index in [0.29, 0.717) is 19.4 Å². The van der Waals surface area contributed by atoms with E-state index in [1.807, 2.05) is 0 Å². The van der Waals surface area contributed by atoms with Gasteiger partial charge in [-0.25, -0.2) is 0 Å². The summed E-state index contributed by atoms with van der Waals surface area (Å²) in [5.41, 5.74) is 0. The van der Waals surface area contributed by atoms with Gasteiger partial charge >= 0.3 is 5.97 Å². The highest BCUT2D eigenvalue weighted by atomic mass is 16.5. The molecular formula is C15H29NO4. The highest BCUT2D eigenvalue weighted by molar-refractivity contribution is 5.69. The van der Waals surface area contributed by atoms with Crippen LogP contribution in [0, 0.1) is 0 Å². The van der Waals surface area contributed by atoms with Crippen molar-refractivity contribution in [3.05, 3.63) is 0 Å². The second-order valence-corrected chi connectivity index (χ2v) is 6.23. The van der Waals surface area contributed by atoms with E-state index in [1.165, 1.54) is 0 Å². The van der Waals surface area contributed by atoms with Crippen molar-refractivity contribution < 1.29 is 23.9 Å². The van der Waals surface area contributed by atoms with E-state index in [4.69, 9.17) is 4.74 Å². The van der Waals surface area contributed by atoms with E-state index in [9.17, 15) is 14.7 Å². The van der Waals surface area contributed by atoms with Gasteiger partial charge in [0.2, 0.25) is 0 Å². The summed E-state index contributed by atoms with van der Waals surface area (Å²) in [7, 11) is 6.19. The average molecular weight is 287 g/mol. The van der Waals surface area contributed by atoms with E-state index >= 15 is 0 Å². The molecule has 5 nitrogen and oxygen atoms in total. The lowest BCUT2D eigenvalue weighted by Crippen LogP contribution is -2.37. The molecular weight excluding hydrogens is 258 g/mol. The summed E-state index contributed by atoms with van der Waals surface area (Å²) in [4.78, 5) is 21.6. The van der Waals surface area contributed by atoms with Gasteiger partial charge in [-0.3, -0.25) is 4.79 Å². The minimum atomic E-state index is -0.971. The monoisotopic (exact) mass is 287 g/mol.